The topological polar surface area (TPSA) is 66.0 Å². The van der Waals surface area contributed by atoms with Gasteiger partial charge in [0.15, 0.2) is 5.82 Å². The van der Waals surface area contributed by atoms with Crippen molar-refractivity contribution >= 4 is 11.8 Å². The smallest absolute Gasteiger partial charge is 0.210 e. The lowest BCUT2D eigenvalue weighted by Crippen LogP contribution is -2.12. The van der Waals surface area contributed by atoms with Crippen molar-refractivity contribution in [3.63, 3.8) is 0 Å². The maximum Gasteiger partial charge on any atom is 0.210 e. The van der Waals surface area contributed by atoms with Crippen LogP contribution in [-0.4, -0.2) is 21.0 Å². The zero-order chi connectivity index (χ0) is 18.7. The molecule has 1 aromatic heterocycles. The molecule has 2 N–H and O–H groups in total. The van der Waals surface area contributed by atoms with Gasteiger partial charge >= 0.3 is 0 Å². The Morgan fingerprint density at radius 1 is 1.12 bits per heavy atom. The summed E-state index contributed by atoms with van der Waals surface area (Å²) in [5.74, 6) is 6.07. The number of ether oxygens (including phenoxy) is 1. The molecule has 0 spiro atoms. The standard InChI is InChI=1S/C18H18F2N4OS/c1-11(2)25-13-6-3-5-12(9-13)17-22-23-18(24(17)21)26-10-14-15(19)7-4-8-16(14)20/h3-9,11H,10,21H2,1-2H3. The van der Waals surface area contributed by atoms with E-state index < -0.39 is 11.6 Å². The molecule has 5 nitrogen and oxygen atoms in total. The van der Waals surface area contributed by atoms with E-state index in [1.54, 1.807) is 0 Å². The van der Waals surface area contributed by atoms with Crippen molar-refractivity contribution in [2.24, 2.45) is 0 Å². The van der Waals surface area contributed by atoms with Crippen LogP contribution in [0.1, 0.15) is 19.4 Å². The van der Waals surface area contributed by atoms with Gasteiger partial charge in [0.2, 0.25) is 5.16 Å². The zero-order valence-corrected chi connectivity index (χ0v) is 15.1. The molecule has 3 aromatic rings. The van der Waals surface area contributed by atoms with Gasteiger partial charge in [-0.2, -0.15) is 0 Å². The Morgan fingerprint density at radius 3 is 2.50 bits per heavy atom. The molecule has 0 saturated heterocycles. The van der Waals surface area contributed by atoms with Crippen LogP contribution >= 0.6 is 11.8 Å². The van der Waals surface area contributed by atoms with E-state index in [0.29, 0.717) is 16.7 Å². The van der Waals surface area contributed by atoms with Crippen molar-refractivity contribution in [2.75, 3.05) is 5.84 Å². The number of hydrogen-bond donors (Lipinski definition) is 1. The summed E-state index contributed by atoms with van der Waals surface area (Å²) in [7, 11) is 0. The first-order chi connectivity index (χ1) is 12.5. The lowest BCUT2D eigenvalue weighted by atomic mass is 10.2. The molecule has 0 bridgehead atoms. The molecule has 0 amide bonds. The molecule has 0 aliphatic carbocycles. The highest BCUT2D eigenvalue weighted by molar-refractivity contribution is 7.98. The molecule has 0 atom stereocenters. The SMILES string of the molecule is CC(C)Oc1cccc(-c2nnc(SCc3c(F)cccc3F)n2N)c1. The highest BCUT2D eigenvalue weighted by Gasteiger charge is 2.15. The first-order valence-electron chi connectivity index (χ1n) is 7.99. The molecule has 0 aliphatic rings. The zero-order valence-electron chi connectivity index (χ0n) is 14.3. The third-order valence-corrected chi connectivity index (χ3v) is 4.51. The lowest BCUT2D eigenvalue weighted by molar-refractivity contribution is 0.242. The molecular formula is C18H18F2N4OS. The van der Waals surface area contributed by atoms with E-state index in [-0.39, 0.29) is 17.4 Å². The maximum absolute atomic E-state index is 13.7. The van der Waals surface area contributed by atoms with Gasteiger partial charge in [0.1, 0.15) is 17.4 Å². The van der Waals surface area contributed by atoms with Crippen LogP contribution in [0.25, 0.3) is 11.4 Å². The molecule has 0 saturated carbocycles. The van der Waals surface area contributed by atoms with E-state index in [1.807, 2.05) is 38.1 Å². The minimum Gasteiger partial charge on any atom is -0.491 e. The first kappa shape index (κ1) is 18.2. The second-order valence-corrected chi connectivity index (χ2v) is 6.80. The van der Waals surface area contributed by atoms with Crippen LogP contribution in [0, 0.1) is 11.6 Å². The molecule has 0 radical (unpaired) electrons. The van der Waals surface area contributed by atoms with Crippen molar-refractivity contribution in [2.45, 2.75) is 30.9 Å². The third-order valence-electron chi connectivity index (χ3n) is 3.54. The van der Waals surface area contributed by atoms with Crippen LogP contribution in [0.5, 0.6) is 5.75 Å². The van der Waals surface area contributed by atoms with Crippen molar-refractivity contribution in [3.8, 4) is 17.1 Å². The number of benzene rings is 2. The summed E-state index contributed by atoms with van der Waals surface area (Å²) in [6.45, 7) is 3.88. The Hall–Kier alpha value is -2.61. The van der Waals surface area contributed by atoms with Gasteiger partial charge in [-0.1, -0.05) is 30.0 Å². The number of nitrogen functional groups attached to an aromatic ring is 1. The molecule has 0 aliphatic heterocycles. The molecule has 8 heteroatoms. The monoisotopic (exact) mass is 376 g/mol. The van der Waals surface area contributed by atoms with E-state index in [0.717, 1.165) is 17.3 Å². The summed E-state index contributed by atoms with van der Waals surface area (Å²) in [6, 6.07) is 11.1. The van der Waals surface area contributed by atoms with Crippen LogP contribution in [-0.2, 0) is 5.75 Å². The van der Waals surface area contributed by atoms with Gasteiger partial charge in [0.05, 0.1) is 6.10 Å². The predicted molar refractivity (Wildman–Crippen MR) is 97.3 cm³/mol. The lowest BCUT2D eigenvalue weighted by Gasteiger charge is -2.10. The fourth-order valence-electron chi connectivity index (χ4n) is 2.36. The summed E-state index contributed by atoms with van der Waals surface area (Å²) in [5, 5.41) is 8.47. The van der Waals surface area contributed by atoms with Crippen molar-refractivity contribution in [1.82, 2.24) is 14.9 Å². The third kappa shape index (κ3) is 3.96. The van der Waals surface area contributed by atoms with Crippen LogP contribution in [0.2, 0.25) is 0 Å². The number of hydrogen-bond acceptors (Lipinski definition) is 5. The van der Waals surface area contributed by atoms with Crippen LogP contribution in [0.15, 0.2) is 47.6 Å². The van der Waals surface area contributed by atoms with Crippen molar-refractivity contribution < 1.29 is 13.5 Å². The minimum atomic E-state index is -0.598. The first-order valence-corrected chi connectivity index (χ1v) is 8.97. The highest BCUT2D eigenvalue weighted by atomic mass is 32.2. The fraction of sp³-hybridized carbons (Fsp3) is 0.222. The molecule has 26 heavy (non-hydrogen) atoms. The summed E-state index contributed by atoms with van der Waals surface area (Å²) in [6.07, 6.45) is 0.0442. The van der Waals surface area contributed by atoms with Gasteiger partial charge in [-0.3, -0.25) is 0 Å². The number of aromatic nitrogens is 3. The van der Waals surface area contributed by atoms with Gasteiger partial charge < -0.3 is 10.6 Å². The van der Waals surface area contributed by atoms with Gasteiger partial charge in [0.25, 0.3) is 0 Å². The van der Waals surface area contributed by atoms with Crippen molar-refractivity contribution in [3.05, 3.63) is 59.7 Å². The Morgan fingerprint density at radius 2 is 1.81 bits per heavy atom. The summed E-state index contributed by atoms with van der Waals surface area (Å²) in [4.78, 5) is 0. The second-order valence-electron chi connectivity index (χ2n) is 5.86. The molecular weight excluding hydrogens is 358 g/mol. The fourth-order valence-corrected chi connectivity index (χ4v) is 3.23. The number of rotatable bonds is 6. The van der Waals surface area contributed by atoms with Gasteiger partial charge in [-0.05, 0) is 38.1 Å². The predicted octanol–water partition coefficient (Wildman–Crippen LogP) is 4.02. The summed E-state index contributed by atoms with van der Waals surface area (Å²) < 4.78 is 34.4. The highest BCUT2D eigenvalue weighted by Crippen LogP contribution is 2.28. The average Bonchev–Trinajstić information content (AvgIpc) is 2.95. The molecule has 136 valence electrons. The maximum atomic E-state index is 13.7. The van der Waals surface area contributed by atoms with E-state index in [9.17, 15) is 8.78 Å². The average molecular weight is 376 g/mol. The van der Waals surface area contributed by atoms with Gasteiger partial charge in [0, 0.05) is 16.9 Å². The number of thioether (sulfide) groups is 1. The Bertz CT molecular complexity index is 894. The minimum absolute atomic E-state index is 0.0191. The Balaban J connectivity index is 1.80. The van der Waals surface area contributed by atoms with Crippen LogP contribution in [0.3, 0.4) is 0 Å². The van der Waals surface area contributed by atoms with Crippen molar-refractivity contribution in [1.29, 1.82) is 0 Å². The number of nitrogens with two attached hydrogens (primary N) is 1. The molecule has 0 fully saturated rings. The molecule has 2 aromatic carbocycles. The Kier molecular flexibility index (Phi) is 5.41. The second kappa shape index (κ2) is 7.74. The summed E-state index contributed by atoms with van der Waals surface area (Å²) in [5.41, 5.74) is 0.719. The van der Waals surface area contributed by atoms with Crippen LogP contribution in [0.4, 0.5) is 8.78 Å². The van der Waals surface area contributed by atoms with E-state index in [2.05, 4.69) is 10.2 Å². The van der Waals surface area contributed by atoms with E-state index in [1.165, 1.54) is 22.9 Å². The largest absolute Gasteiger partial charge is 0.491 e. The summed E-state index contributed by atoms with van der Waals surface area (Å²) >= 11 is 1.11. The van der Waals surface area contributed by atoms with E-state index >= 15 is 0 Å². The normalized spacial score (nSPS) is 11.1. The molecule has 1 heterocycles. The van der Waals surface area contributed by atoms with E-state index in [4.69, 9.17) is 10.6 Å². The van der Waals surface area contributed by atoms with Gasteiger partial charge in [-0.25, -0.2) is 13.5 Å². The quantitative estimate of drug-likeness (QED) is 0.520. The molecule has 0 unspecified atom stereocenters. The Labute approximate surface area is 154 Å². The van der Waals surface area contributed by atoms with Crippen LogP contribution < -0.4 is 10.6 Å². The number of halogens is 2. The van der Waals surface area contributed by atoms with Gasteiger partial charge in [-0.15, -0.1) is 10.2 Å². The molecule has 3 rings (SSSR count). The number of nitrogens with zero attached hydrogens (tertiary/aromatic N) is 3.